The molecular weight excluding hydrogens is 192 g/mol. The number of nitriles is 1. The lowest BCUT2D eigenvalue weighted by atomic mass is 9.91. The molecule has 1 atom stereocenters. The zero-order valence-corrected chi connectivity index (χ0v) is 8.24. The lowest BCUT2D eigenvalue weighted by molar-refractivity contribution is -0.133. The van der Waals surface area contributed by atoms with Crippen molar-refractivity contribution in [3.63, 3.8) is 0 Å². The fraction of sp³-hybridized carbons (Fsp3) is 0.273. The average molecular weight is 202 g/mol. The summed E-state index contributed by atoms with van der Waals surface area (Å²) in [6, 6.07) is 7.14. The molecule has 0 spiro atoms. The second-order valence-corrected chi connectivity index (χ2v) is 3.70. The third-order valence-electron chi connectivity index (χ3n) is 2.58. The number of rotatable bonds is 1. The van der Waals surface area contributed by atoms with Gasteiger partial charge in [0.15, 0.2) is 5.60 Å². The highest BCUT2D eigenvalue weighted by atomic mass is 16.3. The van der Waals surface area contributed by atoms with Gasteiger partial charge in [0.2, 0.25) is 0 Å². The molecule has 1 aromatic rings. The molecule has 0 bridgehead atoms. The second kappa shape index (κ2) is 3.07. The molecule has 0 radical (unpaired) electrons. The summed E-state index contributed by atoms with van der Waals surface area (Å²) < 4.78 is 0. The van der Waals surface area contributed by atoms with Crippen LogP contribution in [0.15, 0.2) is 18.2 Å². The Hall–Kier alpha value is -1.86. The smallest absolute Gasteiger partial charge is 0.262 e. The first-order valence-corrected chi connectivity index (χ1v) is 4.60. The van der Waals surface area contributed by atoms with Gasteiger partial charge >= 0.3 is 0 Å². The van der Waals surface area contributed by atoms with Gasteiger partial charge in [-0.2, -0.15) is 5.26 Å². The average Bonchev–Trinajstić information content (AvgIpc) is 2.42. The van der Waals surface area contributed by atoms with Gasteiger partial charge in [0.05, 0.1) is 12.5 Å². The number of fused-ring (bicyclic) bond motifs is 1. The number of aryl methyl sites for hydroxylation is 1. The number of anilines is 1. The highest BCUT2D eigenvalue weighted by Gasteiger charge is 2.45. The van der Waals surface area contributed by atoms with Gasteiger partial charge in [-0.05, 0) is 13.0 Å². The largest absolute Gasteiger partial charge is 0.374 e. The Morgan fingerprint density at radius 1 is 1.60 bits per heavy atom. The van der Waals surface area contributed by atoms with Crippen LogP contribution < -0.4 is 5.32 Å². The molecule has 4 nitrogen and oxygen atoms in total. The van der Waals surface area contributed by atoms with E-state index in [2.05, 4.69) is 5.32 Å². The second-order valence-electron chi connectivity index (χ2n) is 3.70. The maximum absolute atomic E-state index is 11.5. The van der Waals surface area contributed by atoms with Crippen molar-refractivity contribution in [1.29, 1.82) is 5.26 Å². The van der Waals surface area contributed by atoms with Crippen molar-refractivity contribution in [2.24, 2.45) is 0 Å². The Balaban J connectivity index is 2.58. The van der Waals surface area contributed by atoms with Crippen molar-refractivity contribution in [3.05, 3.63) is 29.3 Å². The van der Waals surface area contributed by atoms with Crippen molar-refractivity contribution in [2.75, 3.05) is 5.32 Å². The number of carbonyl (C=O) groups excluding carboxylic acids is 1. The number of benzene rings is 1. The van der Waals surface area contributed by atoms with Gasteiger partial charge in [-0.15, -0.1) is 0 Å². The molecule has 0 saturated heterocycles. The minimum atomic E-state index is -1.68. The predicted molar refractivity (Wildman–Crippen MR) is 53.9 cm³/mol. The van der Waals surface area contributed by atoms with Crippen LogP contribution >= 0.6 is 0 Å². The van der Waals surface area contributed by atoms with Crippen LogP contribution in [0.1, 0.15) is 17.5 Å². The van der Waals surface area contributed by atoms with E-state index in [0.29, 0.717) is 11.3 Å². The van der Waals surface area contributed by atoms with E-state index in [1.165, 1.54) is 0 Å². The first-order chi connectivity index (χ1) is 7.08. The van der Waals surface area contributed by atoms with Gasteiger partial charge in [0.25, 0.3) is 5.91 Å². The highest BCUT2D eigenvalue weighted by molar-refractivity contribution is 6.05. The number of hydrogen-bond acceptors (Lipinski definition) is 3. The number of carbonyl (C=O) groups is 1. The van der Waals surface area contributed by atoms with Crippen molar-refractivity contribution in [1.82, 2.24) is 0 Å². The maximum Gasteiger partial charge on any atom is 0.262 e. The summed E-state index contributed by atoms with van der Waals surface area (Å²) in [6.45, 7) is 1.87. The Labute approximate surface area is 87.1 Å². The molecule has 2 N–H and O–H groups in total. The highest BCUT2D eigenvalue weighted by Crippen LogP contribution is 2.38. The van der Waals surface area contributed by atoms with Crippen LogP contribution in [0.4, 0.5) is 5.69 Å². The summed E-state index contributed by atoms with van der Waals surface area (Å²) in [7, 11) is 0. The molecule has 0 saturated carbocycles. The molecule has 1 aromatic carbocycles. The van der Waals surface area contributed by atoms with Crippen LogP contribution in [0.2, 0.25) is 0 Å². The maximum atomic E-state index is 11.5. The third kappa shape index (κ3) is 1.29. The normalized spacial score (nSPS) is 23.1. The van der Waals surface area contributed by atoms with E-state index in [1.807, 2.05) is 19.1 Å². The van der Waals surface area contributed by atoms with E-state index in [0.717, 1.165) is 5.56 Å². The standard InChI is InChI=1S/C11H10N2O2/c1-7-2-3-9-8(6-7)11(15,4-5-12)10(14)13-9/h2-3,6,15H,4H2,1H3,(H,13,14). The van der Waals surface area contributed by atoms with Gasteiger partial charge in [-0.3, -0.25) is 4.79 Å². The summed E-state index contributed by atoms with van der Waals surface area (Å²) in [5, 5.41) is 21.3. The molecule has 76 valence electrons. The Morgan fingerprint density at radius 3 is 3.00 bits per heavy atom. The van der Waals surface area contributed by atoms with Crippen molar-refractivity contribution in [3.8, 4) is 6.07 Å². The van der Waals surface area contributed by atoms with E-state index in [1.54, 1.807) is 12.1 Å². The van der Waals surface area contributed by atoms with E-state index < -0.39 is 11.5 Å². The summed E-state index contributed by atoms with van der Waals surface area (Å²) in [5.41, 5.74) is 0.342. The molecular formula is C11H10N2O2. The Bertz CT molecular complexity index is 476. The van der Waals surface area contributed by atoms with E-state index in [-0.39, 0.29) is 6.42 Å². The van der Waals surface area contributed by atoms with Crippen LogP contribution in [-0.2, 0) is 10.4 Å². The molecule has 0 fully saturated rings. The minimum Gasteiger partial charge on any atom is -0.374 e. The Morgan fingerprint density at radius 2 is 2.33 bits per heavy atom. The summed E-state index contributed by atoms with van der Waals surface area (Å²) in [6.07, 6.45) is -0.227. The fourth-order valence-corrected chi connectivity index (χ4v) is 1.75. The van der Waals surface area contributed by atoms with Gasteiger partial charge in [-0.1, -0.05) is 17.7 Å². The van der Waals surface area contributed by atoms with Crippen LogP contribution in [0.3, 0.4) is 0 Å². The van der Waals surface area contributed by atoms with Crippen LogP contribution in [0, 0.1) is 18.3 Å². The predicted octanol–water partition coefficient (Wildman–Crippen LogP) is 1.05. The van der Waals surface area contributed by atoms with Gasteiger partial charge < -0.3 is 10.4 Å². The van der Waals surface area contributed by atoms with Crippen LogP contribution in [0.5, 0.6) is 0 Å². The Kier molecular flexibility index (Phi) is 1.98. The minimum absolute atomic E-state index is 0.227. The quantitative estimate of drug-likeness (QED) is 0.714. The molecule has 1 aliphatic rings. The molecule has 0 aliphatic carbocycles. The van der Waals surface area contributed by atoms with Gasteiger partial charge in [0, 0.05) is 11.3 Å². The SMILES string of the molecule is Cc1ccc2c(c1)C(O)(CC#N)C(=O)N2. The zero-order chi connectivity index (χ0) is 11.1. The van der Waals surface area contributed by atoms with Crippen molar-refractivity contribution >= 4 is 11.6 Å². The first-order valence-electron chi connectivity index (χ1n) is 4.60. The lowest BCUT2D eigenvalue weighted by Crippen LogP contribution is -2.33. The van der Waals surface area contributed by atoms with Crippen LogP contribution in [-0.4, -0.2) is 11.0 Å². The summed E-state index contributed by atoms with van der Waals surface area (Å²) in [5.74, 6) is -0.523. The van der Waals surface area contributed by atoms with Gasteiger partial charge in [0.1, 0.15) is 0 Å². The number of hydrogen-bond donors (Lipinski definition) is 2. The zero-order valence-electron chi connectivity index (χ0n) is 8.24. The molecule has 2 rings (SSSR count). The molecule has 1 unspecified atom stereocenters. The topological polar surface area (TPSA) is 73.1 Å². The molecule has 15 heavy (non-hydrogen) atoms. The first kappa shape index (κ1) is 9.69. The van der Waals surface area contributed by atoms with Crippen molar-refractivity contribution < 1.29 is 9.90 Å². The third-order valence-corrected chi connectivity index (χ3v) is 2.58. The van der Waals surface area contributed by atoms with Gasteiger partial charge in [-0.25, -0.2) is 0 Å². The number of aliphatic hydroxyl groups is 1. The van der Waals surface area contributed by atoms with Crippen LogP contribution in [0.25, 0.3) is 0 Å². The number of amides is 1. The van der Waals surface area contributed by atoms with E-state index in [9.17, 15) is 9.90 Å². The van der Waals surface area contributed by atoms with Crippen molar-refractivity contribution in [2.45, 2.75) is 18.9 Å². The molecule has 4 heteroatoms. The monoisotopic (exact) mass is 202 g/mol. The molecule has 0 aromatic heterocycles. The number of nitrogens with one attached hydrogen (secondary N) is 1. The lowest BCUT2D eigenvalue weighted by Gasteiger charge is -2.16. The van der Waals surface area contributed by atoms with E-state index >= 15 is 0 Å². The number of nitrogens with zero attached hydrogens (tertiary/aromatic N) is 1. The van der Waals surface area contributed by atoms with E-state index in [4.69, 9.17) is 5.26 Å². The molecule has 1 amide bonds. The molecule has 1 aliphatic heterocycles. The summed E-state index contributed by atoms with van der Waals surface area (Å²) in [4.78, 5) is 11.5. The molecule has 1 heterocycles. The summed E-state index contributed by atoms with van der Waals surface area (Å²) >= 11 is 0. The fourth-order valence-electron chi connectivity index (χ4n) is 1.75.